The van der Waals surface area contributed by atoms with Gasteiger partial charge in [0, 0.05) is 31.2 Å². The summed E-state index contributed by atoms with van der Waals surface area (Å²) in [6.45, 7) is 0.931. The smallest absolute Gasteiger partial charge is 0.161 e. The molecule has 1 aromatic carbocycles. The van der Waals surface area contributed by atoms with Gasteiger partial charge in [-0.15, -0.1) is 0 Å². The van der Waals surface area contributed by atoms with Crippen molar-refractivity contribution in [3.63, 3.8) is 0 Å². The summed E-state index contributed by atoms with van der Waals surface area (Å²) >= 11 is 1.78. The number of aliphatic imine (C=N–C) groups is 1. The van der Waals surface area contributed by atoms with E-state index in [9.17, 15) is 0 Å². The third-order valence-corrected chi connectivity index (χ3v) is 3.09. The third-order valence-electron chi connectivity index (χ3n) is 2.20. The molecule has 0 amide bonds. The summed E-state index contributed by atoms with van der Waals surface area (Å²) < 4.78 is 0. The van der Waals surface area contributed by atoms with E-state index in [1.807, 2.05) is 14.1 Å². The summed E-state index contributed by atoms with van der Waals surface area (Å²) in [6, 6.07) is 8.34. The number of rotatable bonds is 2. The second-order valence-electron chi connectivity index (χ2n) is 3.61. The molecule has 0 aliphatic carbocycles. The molecule has 3 nitrogen and oxygen atoms in total. The molecular weight excluding hydrogens is 206 g/mol. The zero-order chi connectivity index (χ0) is 10.7. The van der Waals surface area contributed by atoms with E-state index in [-0.39, 0.29) is 0 Å². The third kappa shape index (κ3) is 2.65. The molecule has 0 atom stereocenters. The molecule has 0 spiro atoms. The van der Waals surface area contributed by atoms with Crippen LogP contribution in [0.15, 0.2) is 29.3 Å². The number of amidine groups is 1. The Morgan fingerprint density at radius 1 is 1.40 bits per heavy atom. The molecule has 15 heavy (non-hydrogen) atoms. The number of anilines is 2. The molecule has 0 aromatic heterocycles. The molecule has 1 aromatic rings. The molecule has 1 aliphatic heterocycles. The first-order valence-corrected chi connectivity index (χ1v) is 5.96. The van der Waals surface area contributed by atoms with Crippen LogP contribution in [0.2, 0.25) is 0 Å². The van der Waals surface area contributed by atoms with Gasteiger partial charge in [0.2, 0.25) is 0 Å². The second-order valence-corrected chi connectivity index (χ2v) is 4.69. The maximum Gasteiger partial charge on any atom is 0.161 e. The van der Waals surface area contributed by atoms with Crippen LogP contribution in [0.4, 0.5) is 11.4 Å². The first-order valence-electron chi connectivity index (χ1n) is 4.97. The van der Waals surface area contributed by atoms with Crippen molar-refractivity contribution in [3.8, 4) is 0 Å². The van der Waals surface area contributed by atoms with Gasteiger partial charge in [0.05, 0.1) is 6.54 Å². The van der Waals surface area contributed by atoms with Crippen molar-refractivity contribution in [1.29, 1.82) is 0 Å². The van der Waals surface area contributed by atoms with Gasteiger partial charge in [0.1, 0.15) is 0 Å². The van der Waals surface area contributed by atoms with Gasteiger partial charge >= 0.3 is 0 Å². The van der Waals surface area contributed by atoms with Crippen molar-refractivity contribution in [3.05, 3.63) is 24.3 Å². The monoisotopic (exact) mass is 221 g/mol. The summed E-state index contributed by atoms with van der Waals surface area (Å²) in [5.41, 5.74) is 2.30. The molecule has 80 valence electrons. The SMILES string of the molecule is CN(C)c1cccc(NC2=NCCS2)c1. The molecule has 1 aliphatic rings. The first-order chi connectivity index (χ1) is 7.25. The van der Waals surface area contributed by atoms with Gasteiger partial charge in [-0.2, -0.15) is 0 Å². The maximum absolute atomic E-state index is 4.36. The van der Waals surface area contributed by atoms with E-state index in [1.54, 1.807) is 11.8 Å². The lowest BCUT2D eigenvalue weighted by atomic mass is 10.2. The Balaban J connectivity index is 2.11. The molecule has 1 heterocycles. The fourth-order valence-corrected chi connectivity index (χ4v) is 2.14. The van der Waals surface area contributed by atoms with Crippen LogP contribution in [-0.4, -0.2) is 31.6 Å². The quantitative estimate of drug-likeness (QED) is 0.830. The summed E-state index contributed by atoms with van der Waals surface area (Å²) in [4.78, 5) is 6.45. The summed E-state index contributed by atoms with van der Waals surface area (Å²) in [5.74, 6) is 1.09. The number of hydrogen-bond acceptors (Lipinski definition) is 4. The Morgan fingerprint density at radius 2 is 2.27 bits per heavy atom. The van der Waals surface area contributed by atoms with Crippen LogP contribution >= 0.6 is 11.8 Å². The number of nitrogens with zero attached hydrogens (tertiary/aromatic N) is 2. The fourth-order valence-electron chi connectivity index (χ4n) is 1.40. The largest absolute Gasteiger partial charge is 0.378 e. The predicted molar refractivity (Wildman–Crippen MR) is 69.2 cm³/mol. The number of benzene rings is 1. The van der Waals surface area contributed by atoms with Crippen LogP contribution in [0.5, 0.6) is 0 Å². The van der Waals surface area contributed by atoms with E-state index in [2.05, 4.69) is 39.5 Å². The van der Waals surface area contributed by atoms with Crippen LogP contribution in [0.3, 0.4) is 0 Å². The van der Waals surface area contributed by atoms with Crippen molar-refractivity contribution < 1.29 is 0 Å². The minimum Gasteiger partial charge on any atom is -0.378 e. The van der Waals surface area contributed by atoms with E-state index in [0.29, 0.717) is 0 Å². The zero-order valence-corrected chi connectivity index (χ0v) is 9.84. The van der Waals surface area contributed by atoms with Crippen LogP contribution in [-0.2, 0) is 0 Å². The van der Waals surface area contributed by atoms with Gasteiger partial charge < -0.3 is 10.2 Å². The lowest BCUT2D eigenvalue weighted by Gasteiger charge is -2.14. The summed E-state index contributed by atoms with van der Waals surface area (Å²) in [5, 5.41) is 4.36. The summed E-state index contributed by atoms with van der Waals surface area (Å²) in [6.07, 6.45) is 0. The maximum atomic E-state index is 4.36. The van der Waals surface area contributed by atoms with Crippen molar-refractivity contribution in [2.45, 2.75) is 0 Å². The van der Waals surface area contributed by atoms with Crippen molar-refractivity contribution >= 4 is 28.3 Å². The van der Waals surface area contributed by atoms with Crippen LogP contribution in [0.1, 0.15) is 0 Å². The standard InChI is InChI=1S/C11H15N3S/c1-14(2)10-5-3-4-9(8-10)13-11-12-6-7-15-11/h3-5,8H,6-7H2,1-2H3,(H,12,13). The predicted octanol–water partition coefficient (Wildman–Crippen LogP) is 2.27. The Labute approximate surface area is 94.6 Å². The van der Waals surface area contributed by atoms with Gasteiger partial charge in [0.15, 0.2) is 5.17 Å². The van der Waals surface area contributed by atoms with Gasteiger partial charge in [-0.3, -0.25) is 4.99 Å². The zero-order valence-electron chi connectivity index (χ0n) is 9.03. The van der Waals surface area contributed by atoms with Gasteiger partial charge in [0.25, 0.3) is 0 Å². The summed E-state index contributed by atoms with van der Waals surface area (Å²) in [7, 11) is 4.09. The molecule has 4 heteroatoms. The van der Waals surface area contributed by atoms with Crippen molar-refractivity contribution in [2.75, 3.05) is 36.6 Å². The van der Waals surface area contributed by atoms with Crippen molar-refractivity contribution in [2.24, 2.45) is 4.99 Å². The Morgan fingerprint density at radius 3 is 2.93 bits per heavy atom. The molecule has 1 N–H and O–H groups in total. The molecule has 0 unspecified atom stereocenters. The normalized spacial score (nSPS) is 14.9. The molecule has 2 rings (SSSR count). The second kappa shape index (κ2) is 4.57. The highest BCUT2D eigenvalue weighted by atomic mass is 32.2. The average molecular weight is 221 g/mol. The highest BCUT2D eigenvalue weighted by Crippen LogP contribution is 2.20. The van der Waals surface area contributed by atoms with E-state index in [4.69, 9.17) is 0 Å². The minimum atomic E-state index is 0.931. The first kappa shape index (κ1) is 10.4. The minimum absolute atomic E-state index is 0.931. The van der Waals surface area contributed by atoms with Gasteiger partial charge in [-0.1, -0.05) is 17.8 Å². The lowest BCUT2D eigenvalue weighted by Crippen LogP contribution is -2.10. The Kier molecular flexibility index (Phi) is 3.16. The van der Waals surface area contributed by atoms with Crippen molar-refractivity contribution in [1.82, 2.24) is 0 Å². The highest BCUT2D eigenvalue weighted by molar-refractivity contribution is 8.14. The van der Waals surface area contributed by atoms with Gasteiger partial charge in [-0.25, -0.2) is 0 Å². The molecule has 0 saturated carbocycles. The number of thioether (sulfide) groups is 1. The number of nitrogens with one attached hydrogen (secondary N) is 1. The molecular formula is C11H15N3S. The fraction of sp³-hybridized carbons (Fsp3) is 0.364. The highest BCUT2D eigenvalue weighted by Gasteiger charge is 2.07. The van der Waals surface area contributed by atoms with Crippen LogP contribution in [0.25, 0.3) is 0 Å². The van der Waals surface area contributed by atoms with E-state index >= 15 is 0 Å². The van der Waals surface area contributed by atoms with Crippen LogP contribution < -0.4 is 10.2 Å². The molecule has 0 bridgehead atoms. The topological polar surface area (TPSA) is 27.6 Å². The average Bonchev–Trinajstić information content (AvgIpc) is 2.71. The van der Waals surface area contributed by atoms with E-state index in [0.717, 1.165) is 23.2 Å². The Hall–Kier alpha value is -1.16. The van der Waals surface area contributed by atoms with Crippen LogP contribution in [0, 0.1) is 0 Å². The molecule has 0 radical (unpaired) electrons. The molecule has 0 fully saturated rings. The van der Waals surface area contributed by atoms with Gasteiger partial charge in [-0.05, 0) is 18.2 Å². The van der Waals surface area contributed by atoms with E-state index in [1.165, 1.54) is 5.69 Å². The van der Waals surface area contributed by atoms with E-state index < -0.39 is 0 Å². The number of hydrogen-bond donors (Lipinski definition) is 1. The lowest BCUT2D eigenvalue weighted by molar-refractivity contribution is 1.13. The Bertz CT molecular complexity index is 374. The molecule has 0 saturated heterocycles.